The van der Waals surface area contributed by atoms with E-state index in [1.54, 1.807) is 0 Å². The number of nitriles is 1. The van der Waals surface area contributed by atoms with Crippen LogP contribution in [-0.2, 0) is 4.79 Å². The van der Waals surface area contributed by atoms with E-state index in [2.05, 4.69) is 32.3 Å². The summed E-state index contributed by atoms with van der Waals surface area (Å²) in [5.41, 5.74) is 3.13. The van der Waals surface area contributed by atoms with E-state index in [1.807, 2.05) is 26.0 Å². The summed E-state index contributed by atoms with van der Waals surface area (Å²) in [6, 6.07) is 5.85. The standard InChI is InChI=1S/C20H29N3O/c1-6-8-11-23(5,7-2)20(9-10-20)19(24)22-18-15(3)12-17(14-21)13-16(18)4/h12-13H,6-11H2,1-5H3/p+1. The largest absolute Gasteiger partial charge is 0.320 e. The Hall–Kier alpha value is -1.86. The third kappa shape index (κ3) is 3.18. The van der Waals surface area contributed by atoms with Gasteiger partial charge in [-0.15, -0.1) is 0 Å². The van der Waals surface area contributed by atoms with Crippen molar-refractivity contribution in [3.8, 4) is 6.07 Å². The van der Waals surface area contributed by atoms with E-state index >= 15 is 0 Å². The molecule has 1 amide bonds. The number of unbranched alkanes of at least 4 members (excludes halogenated alkanes) is 1. The SMILES string of the molecule is CCCC[N+](C)(CC)C1(C(=O)Nc2c(C)cc(C#N)cc2C)CC1. The predicted molar refractivity (Wildman–Crippen MR) is 97.7 cm³/mol. The molecule has 0 heterocycles. The van der Waals surface area contributed by atoms with Crippen molar-refractivity contribution >= 4 is 11.6 Å². The van der Waals surface area contributed by atoms with Gasteiger partial charge in [0, 0.05) is 18.5 Å². The van der Waals surface area contributed by atoms with Crippen molar-refractivity contribution in [2.45, 2.75) is 58.9 Å². The molecule has 130 valence electrons. The molecule has 1 aliphatic carbocycles. The Morgan fingerprint density at radius 2 is 1.88 bits per heavy atom. The van der Waals surface area contributed by atoms with Crippen LogP contribution in [0.1, 0.15) is 56.2 Å². The highest BCUT2D eigenvalue weighted by molar-refractivity contribution is 6.00. The number of aryl methyl sites for hydroxylation is 2. The zero-order valence-electron chi connectivity index (χ0n) is 15.7. The molecule has 2 rings (SSSR count). The summed E-state index contributed by atoms with van der Waals surface area (Å²) in [4.78, 5) is 13.1. The van der Waals surface area contributed by atoms with Gasteiger partial charge in [0.2, 0.25) is 0 Å². The molecule has 1 fully saturated rings. The monoisotopic (exact) mass is 328 g/mol. The maximum absolute atomic E-state index is 13.1. The van der Waals surface area contributed by atoms with E-state index in [-0.39, 0.29) is 11.4 Å². The average Bonchev–Trinajstić information content (AvgIpc) is 3.37. The van der Waals surface area contributed by atoms with Gasteiger partial charge in [-0.3, -0.25) is 4.79 Å². The Labute approximate surface area is 146 Å². The number of hydrogen-bond acceptors (Lipinski definition) is 2. The average molecular weight is 328 g/mol. The van der Waals surface area contributed by atoms with Crippen LogP contribution in [0.5, 0.6) is 0 Å². The van der Waals surface area contributed by atoms with Crippen LogP contribution in [0.3, 0.4) is 0 Å². The first-order valence-electron chi connectivity index (χ1n) is 9.01. The van der Waals surface area contributed by atoms with Gasteiger partial charge in [0.25, 0.3) is 5.91 Å². The van der Waals surface area contributed by atoms with Crippen molar-refractivity contribution in [1.29, 1.82) is 5.26 Å². The van der Waals surface area contributed by atoms with Crippen molar-refractivity contribution in [3.63, 3.8) is 0 Å². The Kier molecular flexibility index (Phi) is 5.35. The van der Waals surface area contributed by atoms with Crippen LogP contribution < -0.4 is 5.32 Å². The Morgan fingerprint density at radius 3 is 2.29 bits per heavy atom. The number of likely N-dealkylation sites (N-methyl/N-ethyl adjacent to an activating group) is 1. The third-order valence-electron chi connectivity index (χ3n) is 5.78. The van der Waals surface area contributed by atoms with Gasteiger partial charge in [-0.25, -0.2) is 0 Å². The zero-order chi connectivity index (χ0) is 18.0. The highest BCUT2D eigenvalue weighted by atomic mass is 16.2. The summed E-state index contributed by atoms with van der Waals surface area (Å²) >= 11 is 0. The molecule has 1 atom stereocenters. The van der Waals surface area contributed by atoms with Gasteiger partial charge in [-0.1, -0.05) is 13.3 Å². The molecule has 4 nitrogen and oxygen atoms in total. The lowest BCUT2D eigenvalue weighted by Gasteiger charge is -2.41. The molecule has 24 heavy (non-hydrogen) atoms. The fraction of sp³-hybridized carbons (Fsp3) is 0.600. The predicted octanol–water partition coefficient (Wildman–Crippen LogP) is 3.91. The number of carbonyl (C=O) groups is 1. The minimum atomic E-state index is -0.281. The number of quaternary nitrogens is 1. The first-order chi connectivity index (χ1) is 11.3. The molecule has 1 N–H and O–H groups in total. The molecule has 1 aliphatic rings. The summed E-state index contributed by atoms with van der Waals surface area (Å²) in [5.74, 6) is 0.138. The van der Waals surface area contributed by atoms with Crippen LogP contribution in [0.4, 0.5) is 5.69 Å². The molecule has 1 aromatic rings. The molecule has 1 aromatic carbocycles. The molecule has 0 bridgehead atoms. The van der Waals surface area contributed by atoms with Crippen molar-refractivity contribution in [3.05, 3.63) is 28.8 Å². The van der Waals surface area contributed by atoms with Crippen LogP contribution in [0.2, 0.25) is 0 Å². The van der Waals surface area contributed by atoms with E-state index < -0.39 is 0 Å². The maximum atomic E-state index is 13.1. The second kappa shape index (κ2) is 6.94. The molecule has 1 unspecified atom stereocenters. The van der Waals surface area contributed by atoms with E-state index in [9.17, 15) is 4.79 Å². The van der Waals surface area contributed by atoms with Gasteiger partial charge in [-0.05, 0) is 50.5 Å². The molecule has 0 spiro atoms. The van der Waals surface area contributed by atoms with Crippen molar-refractivity contribution < 1.29 is 9.28 Å². The fourth-order valence-electron chi connectivity index (χ4n) is 3.77. The van der Waals surface area contributed by atoms with Crippen LogP contribution in [0, 0.1) is 25.2 Å². The topological polar surface area (TPSA) is 52.9 Å². The van der Waals surface area contributed by atoms with Gasteiger partial charge in [0.05, 0.1) is 31.8 Å². The van der Waals surface area contributed by atoms with Gasteiger partial charge in [0.15, 0.2) is 5.54 Å². The Morgan fingerprint density at radius 1 is 1.29 bits per heavy atom. The second-order valence-corrected chi connectivity index (χ2v) is 7.37. The van der Waals surface area contributed by atoms with Crippen molar-refractivity contribution in [1.82, 2.24) is 0 Å². The molecule has 0 radical (unpaired) electrons. The highest BCUT2D eigenvalue weighted by Crippen LogP contribution is 2.47. The summed E-state index contributed by atoms with van der Waals surface area (Å²) < 4.78 is 0.820. The van der Waals surface area contributed by atoms with Gasteiger partial charge >= 0.3 is 0 Å². The zero-order valence-corrected chi connectivity index (χ0v) is 15.7. The van der Waals surface area contributed by atoms with Crippen LogP contribution >= 0.6 is 0 Å². The smallest absolute Gasteiger partial charge is 0.285 e. The van der Waals surface area contributed by atoms with E-state index in [0.29, 0.717) is 5.56 Å². The molecular formula is C20H30N3O+. The van der Waals surface area contributed by atoms with Crippen LogP contribution in [-0.4, -0.2) is 36.1 Å². The number of rotatable bonds is 7. The minimum absolute atomic E-state index is 0.138. The number of carbonyl (C=O) groups excluding carboxylic acids is 1. The molecule has 0 aliphatic heterocycles. The third-order valence-corrected chi connectivity index (χ3v) is 5.78. The van der Waals surface area contributed by atoms with Gasteiger partial charge in [0.1, 0.15) is 0 Å². The van der Waals surface area contributed by atoms with Crippen molar-refractivity contribution in [2.75, 3.05) is 25.5 Å². The summed E-state index contributed by atoms with van der Waals surface area (Å²) in [7, 11) is 2.22. The molecule has 0 aromatic heterocycles. The van der Waals surface area contributed by atoms with E-state index in [0.717, 1.165) is 60.1 Å². The lowest BCUT2D eigenvalue weighted by molar-refractivity contribution is -0.933. The highest BCUT2D eigenvalue weighted by Gasteiger charge is 2.63. The maximum Gasteiger partial charge on any atom is 0.285 e. The molecule has 0 saturated heterocycles. The number of nitrogens with zero attached hydrogens (tertiary/aromatic N) is 2. The van der Waals surface area contributed by atoms with Gasteiger partial charge in [-0.2, -0.15) is 5.26 Å². The number of amides is 1. The van der Waals surface area contributed by atoms with Crippen molar-refractivity contribution in [2.24, 2.45) is 0 Å². The Bertz CT molecular complexity index is 647. The lowest BCUT2D eigenvalue weighted by atomic mass is 10.0. The first-order valence-corrected chi connectivity index (χ1v) is 9.01. The molecule has 1 saturated carbocycles. The van der Waals surface area contributed by atoms with E-state index in [4.69, 9.17) is 5.26 Å². The van der Waals surface area contributed by atoms with Crippen LogP contribution in [0.15, 0.2) is 12.1 Å². The second-order valence-electron chi connectivity index (χ2n) is 7.37. The summed E-state index contributed by atoms with van der Waals surface area (Å²) in [5, 5.41) is 12.3. The molecular weight excluding hydrogens is 298 g/mol. The quantitative estimate of drug-likeness (QED) is 0.772. The lowest BCUT2D eigenvalue weighted by Crippen LogP contribution is -2.60. The number of nitrogens with one attached hydrogen (secondary N) is 1. The normalized spacial score (nSPS) is 17.7. The van der Waals surface area contributed by atoms with Gasteiger partial charge < -0.3 is 9.80 Å². The summed E-state index contributed by atoms with van der Waals surface area (Å²) in [6.07, 6.45) is 4.22. The summed E-state index contributed by atoms with van der Waals surface area (Å²) in [6.45, 7) is 10.3. The number of benzene rings is 1. The first kappa shape index (κ1) is 18.5. The van der Waals surface area contributed by atoms with E-state index in [1.165, 1.54) is 0 Å². The number of anilines is 1. The number of hydrogen-bond donors (Lipinski definition) is 1. The van der Waals surface area contributed by atoms with Crippen LogP contribution in [0.25, 0.3) is 0 Å². The Balaban J connectivity index is 2.25. The fourth-order valence-corrected chi connectivity index (χ4v) is 3.77. The minimum Gasteiger partial charge on any atom is -0.320 e. The molecule has 4 heteroatoms.